The van der Waals surface area contributed by atoms with Crippen molar-refractivity contribution in [3.8, 4) is 11.5 Å². The molecule has 3 aromatic rings. The summed E-state index contributed by atoms with van der Waals surface area (Å²) in [4.78, 5) is 14.3. The van der Waals surface area contributed by atoms with Crippen molar-refractivity contribution in [2.45, 2.75) is 6.42 Å². The van der Waals surface area contributed by atoms with Crippen LogP contribution in [-0.2, 0) is 6.42 Å². The first-order chi connectivity index (χ1) is 12.1. The van der Waals surface area contributed by atoms with E-state index in [0.29, 0.717) is 30.2 Å². The van der Waals surface area contributed by atoms with Gasteiger partial charge in [-0.2, -0.15) is 5.10 Å². The highest BCUT2D eigenvalue weighted by atomic mass is 16.5. The van der Waals surface area contributed by atoms with Crippen LogP contribution < -0.4 is 9.47 Å². The average Bonchev–Trinajstić information content (AvgIpc) is 3.09. The van der Waals surface area contributed by atoms with Crippen LogP contribution in [0.1, 0.15) is 16.1 Å². The van der Waals surface area contributed by atoms with Crippen molar-refractivity contribution in [1.29, 1.82) is 0 Å². The highest BCUT2D eigenvalue weighted by Gasteiger charge is 2.18. The summed E-state index contributed by atoms with van der Waals surface area (Å²) >= 11 is 0. The van der Waals surface area contributed by atoms with Crippen LogP contribution in [-0.4, -0.2) is 48.8 Å². The zero-order valence-electron chi connectivity index (χ0n) is 14.6. The van der Waals surface area contributed by atoms with Crippen molar-refractivity contribution in [3.63, 3.8) is 0 Å². The van der Waals surface area contributed by atoms with E-state index < -0.39 is 0 Å². The molecule has 0 spiro atoms. The molecule has 1 heterocycles. The Labute approximate surface area is 146 Å². The number of carbonyl (C=O) groups excluding carboxylic acids is 1. The topological polar surface area (TPSA) is 67.5 Å². The summed E-state index contributed by atoms with van der Waals surface area (Å²) in [6.45, 7) is 0.579. The Bertz CT molecular complexity index is 889. The van der Waals surface area contributed by atoms with E-state index in [9.17, 15) is 4.79 Å². The number of likely N-dealkylation sites (N-methyl/N-ethyl adjacent to an activating group) is 1. The Balaban J connectivity index is 1.70. The first-order valence-corrected chi connectivity index (χ1v) is 8.03. The maximum atomic E-state index is 12.7. The maximum Gasteiger partial charge on any atom is 0.274 e. The number of nitrogens with one attached hydrogen (secondary N) is 1. The Hall–Kier alpha value is -3.02. The fourth-order valence-corrected chi connectivity index (χ4v) is 2.74. The van der Waals surface area contributed by atoms with Crippen molar-refractivity contribution >= 4 is 16.8 Å². The summed E-state index contributed by atoms with van der Waals surface area (Å²) in [5, 5.41) is 7.90. The van der Waals surface area contributed by atoms with E-state index >= 15 is 0 Å². The third-order valence-corrected chi connectivity index (χ3v) is 4.20. The Morgan fingerprint density at radius 3 is 2.64 bits per heavy atom. The predicted octanol–water partition coefficient (Wildman–Crippen LogP) is 2.89. The lowest BCUT2D eigenvalue weighted by Crippen LogP contribution is -2.29. The van der Waals surface area contributed by atoms with Gasteiger partial charge in [0, 0.05) is 19.0 Å². The van der Waals surface area contributed by atoms with E-state index in [4.69, 9.17) is 9.47 Å². The predicted molar refractivity (Wildman–Crippen MR) is 96.3 cm³/mol. The Morgan fingerprint density at radius 2 is 1.88 bits per heavy atom. The summed E-state index contributed by atoms with van der Waals surface area (Å²) < 4.78 is 10.6. The van der Waals surface area contributed by atoms with Gasteiger partial charge in [-0.1, -0.05) is 24.3 Å². The third-order valence-electron chi connectivity index (χ3n) is 4.20. The van der Waals surface area contributed by atoms with Gasteiger partial charge < -0.3 is 14.4 Å². The molecule has 0 unspecified atom stereocenters. The molecule has 3 rings (SSSR count). The van der Waals surface area contributed by atoms with Gasteiger partial charge in [0.15, 0.2) is 17.2 Å². The van der Waals surface area contributed by atoms with E-state index in [-0.39, 0.29) is 5.91 Å². The molecule has 1 amide bonds. The highest BCUT2D eigenvalue weighted by Crippen LogP contribution is 2.27. The SMILES string of the molecule is COc1ccc(CCN(C)C(=O)c2n[nH]c3ccccc23)cc1OC. The molecule has 2 aromatic carbocycles. The van der Waals surface area contributed by atoms with Gasteiger partial charge in [0.1, 0.15) is 0 Å². The molecular formula is C19H21N3O3. The number of benzene rings is 2. The number of aromatic amines is 1. The van der Waals surface area contributed by atoms with Gasteiger partial charge in [0.2, 0.25) is 0 Å². The van der Waals surface area contributed by atoms with Crippen LogP contribution >= 0.6 is 0 Å². The second-order valence-corrected chi connectivity index (χ2v) is 5.78. The van der Waals surface area contributed by atoms with E-state index in [1.165, 1.54) is 0 Å². The molecule has 0 aliphatic carbocycles. The summed E-state index contributed by atoms with van der Waals surface area (Å²) in [6, 6.07) is 13.4. The molecule has 6 heteroatoms. The van der Waals surface area contributed by atoms with Crippen LogP contribution in [0.4, 0.5) is 0 Å². The van der Waals surface area contributed by atoms with Gasteiger partial charge in [0.25, 0.3) is 5.91 Å². The molecule has 0 bridgehead atoms. The number of hydrogen-bond donors (Lipinski definition) is 1. The molecule has 0 aliphatic rings. The van der Waals surface area contributed by atoms with Gasteiger partial charge in [-0.25, -0.2) is 0 Å². The average molecular weight is 339 g/mol. The van der Waals surface area contributed by atoms with Gasteiger partial charge in [-0.05, 0) is 30.2 Å². The largest absolute Gasteiger partial charge is 0.493 e. The summed E-state index contributed by atoms with van der Waals surface area (Å²) in [6.07, 6.45) is 0.713. The molecular weight excluding hydrogens is 318 g/mol. The molecule has 0 radical (unpaired) electrons. The zero-order chi connectivity index (χ0) is 17.8. The first-order valence-electron chi connectivity index (χ1n) is 8.03. The number of aromatic nitrogens is 2. The molecule has 0 saturated carbocycles. The third kappa shape index (κ3) is 3.42. The molecule has 0 aliphatic heterocycles. The normalized spacial score (nSPS) is 10.7. The number of methoxy groups -OCH3 is 2. The Kier molecular flexibility index (Phi) is 4.88. The monoisotopic (exact) mass is 339 g/mol. The highest BCUT2D eigenvalue weighted by molar-refractivity contribution is 6.04. The number of amides is 1. The molecule has 6 nitrogen and oxygen atoms in total. The molecule has 1 aromatic heterocycles. The standard InChI is InChI=1S/C19H21N3O3/c1-22(11-10-13-8-9-16(24-2)17(12-13)25-3)19(23)18-14-6-4-5-7-15(14)20-21-18/h4-9,12H,10-11H2,1-3H3,(H,20,21). The van der Waals surface area contributed by atoms with Crippen LogP contribution in [0.5, 0.6) is 11.5 Å². The molecule has 25 heavy (non-hydrogen) atoms. The van der Waals surface area contributed by atoms with E-state index in [2.05, 4.69) is 10.2 Å². The van der Waals surface area contributed by atoms with Crippen LogP contribution in [0, 0.1) is 0 Å². The lowest BCUT2D eigenvalue weighted by molar-refractivity contribution is 0.0792. The molecule has 0 fully saturated rings. The fraction of sp³-hybridized carbons (Fsp3) is 0.263. The molecule has 0 atom stereocenters. The first kappa shape index (κ1) is 16.8. The van der Waals surface area contributed by atoms with Crippen molar-refractivity contribution in [2.24, 2.45) is 0 Å². The van der Waals surface area contributed by atoms with Crippen molar-refractivity contribution in [1.82, 2.24) is 15.1 Å². The van der Waals surface area contributed by atoms with Crippen molar-refractivity contribution in [2.75, 3.05) is 27.8 Å². The number of nitrogens with zero attached hydrogens (tertiary/aromatic N) is 2. The van der Waals surface area contributed by atoms with Crippen molar-refractivity contribution < 1.29 is 14.3 Å². The van der Waals surface area contributed by atoms with Gasteiger partial charge >= 0.3 is 0 Å². The molecule has 0 saturated heterocycles. The minimum Gasteiger partial charge on any atom is -0.493 e. The quantitative estimate of drug-likeness (QED) is 0.750. The van der Waals surface area contributed by atoms with Crippen LogP contribution in [0.3, 0.4) is 0 Å². The van der Waals surface area contributed by atoms with Crippen LogP contribution in [0.25, 0.3) is 10.9 Å². The number of carbonyl (C=O) groups is 1. The smallest absolute Gasteiger partial charge is 0.274 e. The summed E-state index contributed by atoms with van der Waals surface area (Å²) in [5.41, 5.74) is 2.38. The van der Waals surface area contributed by atoms with E-state index in [0.717, 1.165) is 16.5 Å². The number of fused-ring (bicyclic) bond motifs is 1. The van der Waals surface area contributed by atoms with Gasteiger partial charge in [0.05, 0.1) is 19.7 Å². The fourth-order valence-electron chi connectivity index (χ4n) is 2.74. The number of rotatable bonds is 6. The molecule has 130 valence electrons. The van der Waals surface area contributed by atoms with E-state index in [1.807, 2.05) is 42.5 Å². The number of para-hydroxylation sites is 1. The second-order valence-electron chi connectivity index (χ2n) is 5.78. The lowest BCUT2D eigenvalue weighted by atomic mass is 10.1. The minimum atomic E-state index is -0.0991. The maximum absolute atomic E-state index is 12.7. The number of hydrogen-bond acceptors (Lipinski definition) is 4. The van der Waals surface area contributed by atoms with Crippen molar-refractivity contribution in [3.05, 3.63) is 53.7 Å². The minimum absolute atomic E-state index is 0.0991. The molecule has 1 N–H and O–H groups in total. The van der Waals surface area contributed by atoms with Crippen LogP contribution in [0.2, 0.25) is 0 Å². The van der Waals surface area contributed by atoms with Gasteiger partial charge in [-0.3, -0.25) is 9.89 Å². The Morgan fingerprint density at radius 1 is 1.12 bits per heavy atom. The number of H-pyrrole nitrogens is 1. The van der Waals surface area contributed by atoms with E-state index in [1.54, 1.807) is 26.2 Å². The van der Waals surface area contributed by atoms with Crippen LogP contribution in [0.15, 0.2) is 42.5 Å². The lowest BCUT2D eigenvalue weighted by Gasteiger charge is -2.16. The summed E-state index contributed by atoms with van der Waals surface area (Å²) in [7, 11) is 5.00. The zero-order valence-corrected chi connectivity index (χ0v) is 14.6. The van der Waals surface area contributed by atoms with Gasteiger partial charge in [-0.15, -0.1) is 0 Å². The second kappa shape index (κ2) is 7.25. The summed E-state index contributed by atoms with van der Waals surface area (Å²) in [5.74, 6) is 1.28. The number of ether oxygens (including phenoxy) is 2.